The number of benzene rings is 2. The van der Waals surface area contributed by atoms with Crippen molar-refractivity contribution in [2.75, 3.05) is 13.1 Å². The molecule has 0 atom stereocenters. The number of para-hydroxylation sites is 1. The van der Waals surface area contributed by atoms with E-state index < -0.39 is 0 Å². The van der Waals surface area contributed by atoms with Gasteiger partial charge in [0.25, 0.3) is 0 Å². The van der Waals surface area contributed by atoms with Gasteiger partial charge < -0.3 is 9.64 Å². The Kier molecular flexibility index (Phi) is 3.83. The largest absolute Gasteiger partial charge is 0.482 e. The van der Waals surface area contributed by atoms with Gasteiger partial charge in [-0.05, 0) is 42.7 Å². The molecule has 0 radical (unpaired) electrons. The number of likely N-dealkylation sites (tertiary alicyclic amines) is 1. The van der Waals surface area contributed by atoms with Crippen molar-refractivity contribution in [1.82, 2.24) is 4.90 Å². The Bertz CT molecular complexity index is 906. The van der Waals surface area contributed by atoms with Gasteiger partial charge in [0.2, 0.25) is 5.91 Å². The van der Waals surface area contributed by atoms with Crippen LogP contribution < -0.4 is 4.74 Å². The molecule has 3 aliphatic rings. The van der Waals surface area contributed by atoms with Gasteiger partial charge in [-0.1, -0.05) is 48.0 Å². The van der Waals surface area contributed by atoms with E-state index in [0.29, 0.717) is 5.02 Å². The monoisotopic (exact) mass is 379 g/mol. The zero-order valence-corrected chi connectivity index (χ0v) is 15.9. The average molecular weight is 380 g/mol. The lowest BCUT2D eigenvalue weighted by atomic mass is 9.86. The molecule has 1 saturated carbocycles. The van der Waals surface area contributed by atoms with Crippen molar-refractivity contribution in [3.8, 4) is 5.75 Å². The van der Waals surface area contributed by atoms with Gasteiger partial charge in [0.15, 0.2) is 0 Å². The smallest absolute Gasteiger partial charge is 0.233 e. The molecule has 3 nitrogen and oxygen atoms in total. The minimum atomic E-state index is -0.328. The second kappa shape index (κ2) is 6.13. The molecular formula is C23H22ClNO2. The van der Waals surface area contributed by atoms with E-state index in [1.165, 1.54) is 0 Å². The van der Waals surface area contributed by atoms with Crippen LogP contribution in [0.15, 0.2) is 54.6 Å². The lowest BCUT2D eigenvalue weighted by molar-refractivity contribution is -0.136. The molecule has 0 N–H and O–H groups in total. The van der Waals surface area contributed by atoms with Crippen molar-refractivity contribution >= 4 is 23.6 Å². The SMILES string of the molecule is O=C(N1CCC2(C=Cc3ccccc3O2)CC1)C1(c2ccc(Cl)cc2)CC1. The molecular weight excluding hydrogens is 358 g/mol. The van der Waals surface area contributed by atoms with Crippen LogP contribution in [0.4, 0.5) is 0 Å². The summed E-state index contributed by atoms with van der Waals surface area (Å²) in [7, 11) is 0. The molecule has 2 aliphatic heterocycles. The quantitative estimate of drug-likeness (QED) is 0.747. The third kappa shape index (κ3) is 2.85. The number of amides is 1. The maximum atomic E-state index is 13.3. The Morgan fingerprint density at radius 1 is 0.963 bits per heavy atom. The first kappa shape index (κ1) is 16.9. The highest BCUT2D eigenvalue weighted by Crippen LogP contribution is 2.50. The van der Waals surface area contributed by atoms with E-state index in [1.54, 1.807) is 0 Å². The summed E-state index contributed by atoms with van der Waals surface area (Å²) in [6, 6.07) is 15.9. The molecule has 27 heavy (non-hydrogen) atoms. The zero-order chi connectivity index (χ0) is 18.5. The van der Waals surface area contributed by atoms with Crippen LogP contribution in [0, 0.1) is 0 Å². The van der Waals surface area contributed by atoms with E-state index >= 15 is 0 Å². The second-order valence-corrected chi connectivity index (χ2v) is 8.36. The molecule has 2 fully saturated rings. The molecule has 0 unspecified atom stereocenters. The van der Waals surface area contributed by atoms with Crippen molar-refractivity contribution in [2.24, 2.45) is 0 Å². The summed E-state index contributed by atoms with van der Waals surface area (Å²) in [5.41, 5.74) is 1.62. The van der Waals surface area contributed by atoms with Crippen molar-refractivity contribution in [3.05, 3.63) is 70.8 Å². The van der Waals surface area contributed by atoms with Gasteiger partial charge in [-0.25, -0.2) is 0 Å². The molecule has 4 heteroatoms. The number of carbonyl (C=O) groups is 1. The van der Waals surface area contributed by atoms with Gasteiger partial charge in [-0.3, -0.25) is 4.79 Å². The number of ether oxygens (including phenoxy) is 1. The molecule has 1 spiro atoms. The Balaban J connectivity index is 1.30. The van der Waals surface area contributed by atoms with Gasteiger partial charge in [0.1, 0.15) is 11.4 Å². The molecule has 1 saturated heterocycles. The molecule has 5 rings (SSSR count). The van der Waals surface area contributed by atoms with Crippen molar-refractivity contribution in [1.29, 1.82) is 0 Å². The molecule has 2 aromatic carbocycles. The predicted octanol–water partition coefficient (Wildman–Crippen LogP) is 4.84. The number of piperidine rings is 1. The van der Waals surface area contributed by atoms with Gasteiger partial charge in [0, 0.05) is 36.5 Å². The van der Waals surface area contributed by atoms with Crippen molar-refractivity contribution in [2.45, 2.75) is 36.7 Å². The van der Waals surface area contributed by atoms with Crippen LogP contribution in [0.2, 0.25) is 5.02 Å². The van der Waals surface area contributed by atoms with E-state index in [-0.39, 0.29) is 16.9 Å². The minimum absolute atomic E-state index is 0.264. The van der Waals surface area contributed by atoms with Crippen LogP contribution >= 0.6 is 11.6 Å². The Morgan fingerprint density at radius 3 is 2.37 bits per heavy atom. The molecule has 0 bridgehead atoms. The molecule has 1 aliphatic carbocycles. The van der Waals surface area contributed by atoms with Gasteiger partial charge in [0.05, 0.1) is 5.41 Å². The highest BCUT2D eigenvalue weighted by molar-refractivity contribution is 6.30. The van der Waals surface area contributed by atoms with Gasteiger partial charge in [-0.2, -0.15) is 0 Å². The van der Waals surface area contributed by atoms with E-state index in [0.717, 1.165) is 55.6 Å². The summed E-state index contributed by atoms with van der Waals surface area (Å²) >= 11 is 6.01. The van der Waals surface area contributed by atoms with Crippen molar-refractivity contribution in [3.63, 3.8) is 0 Å². The number of nitrogens with zero attached hydrogens (tertiary/aromatic N) is 1. The fourth-order valence-corrected chi connectivity index (χ4v) is 4.51. The number of fused-ring (bicyclic) bond motifs is 1. The highest BCUT2D eigenvalue weighted by Gasteiger charge is 2.54. The van der Waals surface area contributed by atoms with E-state index in [4.69, 9.17) is 16.3 Å². The molecule has 1 amide bonds. The number of hydrogen-bond acceptors (Lipinski definition) is 2. The van der Waals surface area contributed by atoms with Crippen LogP contribution in [0.1, 0.15) is 36.8 Å². The molecule has 0 aromatic heterocycles. The lowest BCUT2D eigenvalue weighted by Gasteiger charge is -2.42. The first-order chi connectivity index (χ1) is 13.1. The summed E-state index contributed by atoms with van der Waals surface area (Å²) < 4.78 is 6.35. The van der Waals surface area contributed by atoms with Crippen LogP contribution in [-0.4, -0.2) is 29.5 Å². The maximum Gasteiger partial charge on any atom is 0.233 e. The fraction of sp³-hybridized carbons (Fsp3) is 0.348. The number of rotatable bonds is 2. The first-order valence-electron chi connectivity index (χ1n) is 9.63. The summed E-state index contributed by atoms with van der Waals surface area (Å²) in [5, 5.41) is 0.712. The zero-order valence-electron chi connectivity index (χ0n) is 15.2. The second-order valence-electron chi connectivity index (χ2n) is 7.92. The predicted molar refractivity (Wildman–Crippen MR) is 107 cm³/mol. The van der Waals surface area contributed by atoms with E-state index in [9.17, 15) is 4.79 Å². The number of carbonyl (C=O) groups excluding carboxylic acids is 1. The van der Waals surface area contributed by atoms with E-state index in [2.05, 4.69) is 18.2 Å². The minimum Gasteiger partial charge on any atom is -0.482 e. The normalized spacial score (nSPS) is 21.4. The van der Waals surface area contributed by atoms with Crippen LogP contribution in [0.25, 0.3) is 6.08 Å². The van der Waals surface area contributed by atoms with E-state index in [1.807, 2.05) is 47.4 Å². The Labute approximate surface area is 164 Å². The van der Waals surface area contributed by atoms with Crippen LogP contribution in [0.5, 0.6) is 5.75 Å². The highest BCUT2D eigenvalue weighted by atomic mass is 35.5. The summed E-state index contributed by atoms with van der Waals surface area (Å²) in [5.74, 6) is 1.21. The van der Waals surface area contributed by atoms with Crippen LogP contribution in [-0.2, 0) is 10.2 Å². The molecule has 2 heterocycles. The lowest BCUT2D eigenvalue weighted by Crippen LogP contribution is -2.51. The summed E-state index contributed by atoms with van der Waals surface area (Å²) in [6.07, 6.45) is 7.87. The van der Waals surface area contributed by atoms with Crippen molar-refractivity contribution < 1.29 is 9.53 Å². The number of halogens is 1. The first-order valence-corrected chi connectivity index (χ1v) is 10.0. The summed E-state index contributed by atoms with van der Waals surface area (Å²) in [4.78, 5) is 15.3. The average Bonchev–Trinajstić information content (AvgIpc) is 3.50. The Morgan fingerprint density at radius 2 is 1.67 bits per heavy atom. The van der Waals surface area contributed by atoms with Gasteiger partial charge in [-0.15, -0.1) is 0 Å². The topological polar surface area (TPSA) is 29.5 Å². The standard InChI is InChI=1S/C23H22ClNO2/c24-19-7-5-18(6-8-19)23(11-12-23)21(26)25-15-13-22(14-16-25)10-9-17-3-1-2-4-20(17)27-22/h1-10H,11-16H2. The third-order valence-corrected chi connectivity index (χ3v) is 6.50. The maximum absolute atomic E-state index is 13.3. The van der Waals surface area contributed by atoms with Gasteiger partial charge >= 0.3 is 0 Å². The Hall–Kier alpha value is -2.26. The fourth-order valence-electron chi connectivity index (χ4n) is 4.39. The summed E-state index contributed by atoms with van der Waals surface area (Å²) in [6.45, 7) is 1.47. The third-order valence-electron chi connectivity index (χ3n) is 6.25. The molecule has 2 aromatic rings. The van der Waals surface area contributed by atoms with Crippen LogP contribution in [0.3, 0.4) is 0 Å². The molecule has 138 valence electrons. The number of hydrogen-bond donors (Lipinski definition) is 0.